The minimum Gasteiger partial charge on any atom is -0.481 e. The molecular formula is C11H19NO3S. The third-order valence-electron chi connectivity index (χ3n) is 2.66. The Labute approximate surface area is 100 Å². The van der Waals surface area contributed by atoms with Crippen LogP contribution in [0.1, 0.15) is 32.6 Å². The van der Waals surface area contributed by atoms with Crippen LogP contribution in [0, 0.1) is 0 Å². The van der Waals surface area contributed by atoms with Crippen LogP contribution in [0.4, 0.5) is 0 Å². The molecule has 5 heteroatoms. The van der Waals surface area contributed by atoms with Crippen molar-refractivity contribution >= 4 is 23.6 Å². The van der Waals surface area contributed by atoms with Gasteiger partial charge in [0, 0.05) is 18.3 Å². The maximum atomic E-state index is 11.7. The van der Waals surface area contributed by atoms with E-state index >= 15 is 0 Å². The van der Waals surface area contributed by atoms with Crippen molar-refractivity contribution in [2.45, 2.75) is 37.9 Å². The molecule has 0 aromatic heterocycles. The first kappa shape index (κ1) is 13.4. The van der Waals surface area contributed by atoms with Crippen LogP contribution in [0.5, 0.6) is 0 Å². The number of carboxylic acid groups (broad SMARTS) is 1. The average molecular weight is 245 g/mol. The second kappa shape index (κ2) is 6.78. The summed E-state index contributed by atoms with van der Waals surface area (Å²) in [6.45, 7) is 3.58. The zero-order valence-corrected chi connectivity index (χ0v) is 10.5. The summed E-state index contributed by atoms with van der Waals surface area (Å²) in [6.07, 6.45) is 3.53. The molecule has 0 spiro atoms. The van der Waals surface area contributed by atoms with Crippen molar-refractivity contribution in [2.24, 2.45) is 0 Å². The van der Waals surface area contributed by atoms with Crippen LogP contribution in [-0.4, -0.2) is 46.0 Å². The van der Waals surface area contributed by atoms with Crippen molar-refractivity contribution in [1.29, 1.82) is 0 Å². The Hall–Kier alpha value is -0.710. The van der Waals surface area contributed by atoms with E-state index in [-0.39, 0.29) is 17.6 Å². The van der Waals surface area contributed by atoms with E-state index in [0.717, 1.165) is 25.9 Å². The lowest BCUT2D eigenvalue weighted by Crippen LogP contribution is -2.37. The fourth-order valence-corrected chi connectivity index (χ4v) is 2.62. The van der Waals surface area contributed by atoms with Gasteiger partial charge in [0.05, 0.1) is 12.2 Å². The number of amides is 1. The fraction of sp³-hybridized carbons (Fsp3) is 0.818. The maximum Gasteiger partial charge on any atom is 0.304 e. The minimum absolute atomic E-state index is 0.00578. The van der Waals surface area contributed by atoms with Gasteiger partial charge in [-0.05, 0) is 19.3 Å². The summed E-state index contributed by atoms with van der Waals surface area (Å²) < 4.78 is 0. The Morgan fingerprint density at radius 3 is 2.50 bits per heavy atom. The highest BCUT2D eigenvalue weighted by Gasteiger charge is 2.17. The van der Waals surface area contributed by atoms with Crippen molar-refractivity contribution in [2.75, 3.05) is 18.8 Å². The molecule has 0 bridgehead atoms. The Kier molecular flexibility index (Phi) is 5.66. The molecule has 4 nitrogen and oxygen atoms in total. The van der Waals surface area contributed by atoms with Crippen LogP contribution in [0.15, 0.2) is 0 Å². The van der Waals surface area contributed by atoms with Crippen LogP contribution in [-0.2, 0) is 9.59 Å². The normalized spacial score (nSPS) is 18.2. The quantitative estimate of drug-likeness (QED) is 0.799. The zero-order chi connectivity index (χ0) is 12.0. The van der Waals surface area contributed by atoms with Crippen molar-refractivity contribution in [3.8, 4) is 0 Å². The predicted molar refractivity (Wildman–Crippen MR) is 64.6 cm³/mol. The monoisotopic (exact) mass is 245 g/mol. The number of aliphatic carboxylic acids is 1. The highest BCUT2D eigenvalue weighted by Crippen LogP contribution is 2.16. The first-order chi connectivity index (χ1) is 7.59. The van der Waals surface area contributed by atoms with Crippen LogP contribution in [0.25, 0.3) is 0 Å². The highest BCUT2D eigenvalue weighted by molar-refractivity contribution is 8.00. The summed E-state index contributed by atoms with van der Waals surface area (Å²) >= 11 is 1.43. The molecule has 0 saturated carbocycles. The van der Waals surface area contributed by atoms with Gasteiger partial charge in [0.15, 0.2) is 0 Å². The van der Waals surface area contributed by atoms with E-state index in [4.69, 9.17) is 5.11 Å². The van der Waals surface area contributed by atoms with Gasteiger partial charge in [-0.1, -0.05) is 6.92 Å². The molecule has 0 aliphatic carbocycles. The molecule has 1 unspecified atom stereocenters. The van der Waals surface area contributed by atoms with E-state index in [1.165, 1.54) is 18.2 Å². The van der Waals surface area contributed by atoms with Crippen LogP contribution in [0.2, 0.25) is 0 Å². The minimum atomic E-state index is -0.801. The molecule has 1 aliphatic rings. The van der Waals surface area contributed by atoms with Crippen LogP contribution < -0.4 is 0 Å². The molecule has 1 N–H and O–H groups in total. The van der Waals surface area contributed by atoms with Gasteiger partial charge in [-0.2, -0.15) is 0 Å². The molecule has 1 fully saturated rings. The predicted octanol–water partition coefficient (Wildman–Crippen LogP) is 1.60. The van der Waals surface area contributed by atoms with Gasteiger partial charge in [-0.3, -0.25) is 9.59 Å². The van der Waals surface area contributed by atoms with Gasteiger partial charge < -0.3 is 10.0 Å². The van der Waals surface area contributed by atoms with Gasteiger partial charge in [0.2, 0.25) is 5.91 Å². The van der Waals surface area contributed by atoms with Gasteiger partial charge in [-0.25, -0.2) is 0 Å². The molecule has 92 valence electrons. The van der Waals surface area contributed by atoms with E-state index in [9.17, 15) is 9.59 Å². The SMILES string of the molecule is CC(CC(=O)O)SCC(=O)N1CCCCC1. The summed E-state index contributed by atoms with van der Waals surface area (Å²) in [7, 11) is 0. The topological polar surface area (TPSA) is 57.6 Å². The lowest BCUT2D eigenvalue weighted by atomic mass is 10.1. The number of nitrogens with zero attached hydrogens (tertiary/aromatic N) is 1. The molecule has 16 heavy (non-hydrogen) atoms. The van der Waals surface area contributed by atoms with Crippen molar-refractivity contribution < 1.29 is 14.7 Å². The average Bonchev–Trinajstić information content (AvgIpc) is 2.26. The van der Waals surface area contributed by atoms with E-state index in [0.29, 0.717) is 5.75 Å². The molecular weight excluding hydrogens is 226 g/mol. The molecule has 0 radical (unpaired) electrons. The number of carboxylic acids is 1. The van der Waals surface area contributed by atoms with E-state index in [2.05, 4.69) is 0 Å². The number of carbonyl (C=O) groups excluding carboxylic acids is 1. The maximum absolute atomic E-state index is 11.7. The number of hydrogen-bond acceptors (Lipinski definition) is 3. The standard InChI is InChI=1S/C11H19NO3S/c1-9(7-11(14)15)16-8-10(13)12-5-3-2-4-6-12/h9H,2-8H2,1H3,(H,14,15). The van der Waals surface area contributed by atoms with Gasteiger partial charge in [0.1, 0.15) is 0 Å². The smallest absolute Gasteiger partial charge is 0.304 e. The Morgan fingerprint density at radius 1 is 1.31 bits per heavy atom. The molecule has 1 heterocycles. The highest BCUT2D eigenvalue weighted by atomic mass is 32.2. The molecule has 1 aliphatic heterocycles. The molecule has 1 amide bonds. The van der Waals surface area contributed by atoms with Gasteiger partial charge >= 0.3 is 5.97 Å². The second-order valence-electron chi connectivity index (χ2n) is 4.16. The fourth-order valence-electron chi connectivity index (χ4n) is 1.75. The first-order valence-electron chi connectivity index (χ1n) is 5.71. The zero-order valence-electron chi connectivity index (χ0n) is 9.65. The number of thioether (sulfide) groups is 1. The number of carbonyl (C=O) groups is 2. The molecule has 0 aromatic carbocycles. The Bertz CT molecular complexity index is 252. The lowest BCUT2D eigenvalue weighted by molar-refractivity contribution is -0.137. The van der Waals surface area contributed by atoms with Crippen LogP contribution >= 0.6 is 11.8 Å². The third kappa shape index (κ3) is 4.88. The second-order valence-corrected chi connectivity index (χ2v) is 5.59. The summed E-state index contributed by atoms with van der Waals surface area (Å²) in [6, 6.07) is 0. The number of rotatable bonds is 5. The van der Waals surface area contributed by atoms with E-state index in [1.807, 2.05) is 11.8 Å². The largest absolute Gasteiger partial charge is 0.481 e. The van der Waals surface area contributed by atoms with E-state index in [1.54, 1.807) is 0 Å². The summed E-state index contributed by atoms with van der Waals surface area (Å²) in [5, 5.41) is 8.59. The summed E-state index contributed by atoms with van der Waals surface area (Å²) in [4.78, 5) is 24.1. The Morgan fingerprint density at radius 2 is 1.94 bits per heavy atom. The van der Waals surface area contributed by atoms with Crippen molar-refractivity contribution in [1.82, 2.24) is 4.90 Å². The van der Waals surface area contributed by atoms with Gasteiger partial charge in [-0.15, -0.1) is 11.8 Å². The third-order valence-corrected chi connectivity index (χ3v) is 3.81. The Balaban J connectivity index is 2.20. The number of likely N-dealkylation sites (tertiary alicyclic amines) is 1. The number of hydrogen-bond donors (Lipinski definition) is 1. The van der Waals surface area contributed by atoms with Crippen LogP contribution in [0.3, 0.4) is 0 Å². The van der Waals surface area contributed by atoms with Gasteiger partial charge in [0.25, 0.3) is 0 Å². The van der Waals surface area contributed by atoms with Crippen molar-refractivity contribution in [3.05, 3.63) is 0 Å². The summed E-state index contributed by atoms with van der Waals surface area (Å²) in [5.74, 6) is -0.235. The molecule has 0 aromatic rings. The lowest BCUT2D eigenvalue weighted by Gasteiger charge is -2.26. The number of piperidine rings is 1. The van der Waals surface area contributed by atoms with E-state index < -0.39 is 5.97 Å². The first-order valence-corrected chi connectivity index (χ1v) is 6.75. The molecule has 1 atom stereocenters. The van der Waals surface area contributed by atoms with Crippen molar-refractivity contribution in [3.63, 3.8) is 0 Å². The summed E-state index contributed by atoms with van der Waals surface area (Å²) in [5.41, 5.74) is 0. The molecule has 1 rings (SSSR count). The molecule has 1 saturated heterocycles.